The van der Waals surface area contributed by atoms with Crippen molar-refractivity contribution in [3.63, 3.8) is 0 Å². The smallest absolute Gasteiger partial charge is 0.105 e. The first-order valence-corrected chi connectivity index (χ1v) is 5.03. The molecule has 5 heteroatoms. The average molecular weight is 206 g/mol. The number of nitrogens with two attached hydrogens (primary N) is 1. The lowest BCUT2D eigenvalue weighted by atomic mass is 10.3. The lowest BCUT2D eigenvalue weighted by Crippen LogP contribution is -2.00. The minimum Gasteiger partial charge on any atom is -0.325 e. The van der Waals surface area contributed by atoms with Crippen molar-refractivity contribution in [2.24, 2.45) is 5.73 Å². The molecule has 0 aliphatic heterocycles. The fourth-order valence-corrected chi connectivity index (χ4v) is 1.81. The minimum absolute atomic E-state index is 0.426. The van der Waals surface area contributed by atoms with E-state index in [2.05, 4.69) is 14.6 Å². The van der Waals surface area contributed by atoms with Crippen LogP contribution in [0.25, 0.3) is 10.6 Å². The van der Waals surface area contributed by atoms with Gasteiger partial charge in [0.2, 0.25) is 0 Å². The van der Waals surface area contributed by atoms with Gasteiger partial charge in [-0.1, -0.05) is 0 Å². The molecule has 72 valence electrons. The standard InChI is InChI=1S/C9H10N4S/c1-6-4-9(14-13-6)8-3-2-7(5-10)11-12-8/h2-4H,5,10H2,1H3. The molecule has 0 bridgehead atoms. The fraction of sp³-hybridized carbons (Fsp3) is 0.222. The Labute approximate surface area is 86.0 Å². The fourth-order valence-electron chi connectivity index (χ4n) is 1.08. The molecule has 2 N–H and O–H groups in total. The van der Waals surface area contributed by atoms with Crippen molar-refractivity contribution in [2.75, 3.05) is 0 Å². The van der Waals surface area contributed by atoms with Crippen LogP contribution in [0.15, 0.2) is 18.2 Å². The third kappa shape index (κ3) is 1.78. The van der Waals surface area contributed by atoms with Gasteiger partial charge in [-0.05, 0) is 36.7 Å². The predicted octanol–water partition coefficient (Wildman–Crippen LogP) is 1.37. The number of hydrogen-bond donors (Lipinski definition) is 1. The summed E-state index contributed by atoms with van der Waals surface area (Å²) in [6.45, 7) is 2.39. The van der Waals surface area contributed by atoms with Crippen molar-refractivity contribution in [3.05, 3.63) is 29.6 Å². The van der Waals surface area contributed by atoms with E-state index in [1.165, 1.54) is 11.5 Å². The second-order valence-electron chi connectivity index (χ2n) is 2.95. The summed E-state index contributed by atoms with van der Waals surface area (Å²) in [6, 6.07) is 5.80. The second kappa shape index (κ2) is 3.81. The summed E-state index contributed by atoms with van der Waals surface area (Å²) in [7, 11) is 0. The molecule has 0 saturated heterocycles. The zero-order valence-corrected chi connectivity index (χ0v) is 8.58. The van der Waals surface area contributed by atoms with Crippen LogP contribution < -0.4 is 5.73 Å². The van der Waals surface area contributed by atoms with Gasteiger partial charge < -0.3 is 5.73 Å². The van der Waals surface area contributed by atoms with E-state index in [-0.39, 0.29) is 0 Å². The van der Waals surface area contributed by atoms with Crippen molar-refractivity contribution in [1.82, 2.24) is 14.6 Å². The van der Waals surface area contributed by atoms with E-state index >= 15 is 0 Å². The van der Waals surface area contributed by atoms with E-state index < -0.39 is 0 Å². The summed E-state index contributed by atoms with van der Waals surface area (Å²) in [5, 5.41) is 8.06. The molecule has 0 fully saturated rings. The van der Waals surface area contributed by atoms with Crippen molar-refractivity contribution >= 4 is 11.5 Å². The van der Waals surface area contributed by atoms with Crippen LogP contribution in [0.5, 0.6) is 0 Å². The van der Waals surface area contributed by atoms with Gasteiger partial charge in [0.15, 0.2) is 0 Å². The largest absolute Gasteiger partial charge is 0.325 e. The van der Waals surface area contributed by atoms with E-state index in [1.54, 1.807) is 0 Å². The molecule has 0 spiro atoms. The Morgan fingerprint density at radius 2 is 2.21 bits per heavy atom. The molecule has 0 atom stereocenters. The summed E-state index contributed by atoms with van der Waals surface area (Å²) in [5.74, 6) is 0. The van der Waals surface area contributed by atoms with E-state index in [0.717, 1.165) is 22.0 Å². The number of aromatic nitrogens is 3. The zero-order valence-electron chi connectivity index (χ0n) is 7.77. The van der Waals surface area contributed by atoms with Crippen molar-refractivity contribution in [2.45, 2.75) is 13.5 Å². The maximum absolute atomic E-state index is 5.43. The molecule has 2 rings (SSSR count). The highest BCUT2D eigenvalue weighted by molar-refractivity contribution is 7.09. The highest BCUT2D eigenvalue weighted by Crippen LogP contribution is 2.21. The molecule has 14 heavy (non-hydrogen) atoms. The van der Waals surface area contributed by atoms with Crippen molar-refractivity contribution in [1.29, 1.82) is 0 Å². The van der Waals surface area contributed by atoms with Crippen molar-refractivity contribution < 1.29 is 0 Å². The third-order valence-electron chi connectivity index (χ3n) is 1.81. The van der Waals surface area contributed by atoms with E-state index in [1.807, 2.05) is 25.1 Å². The van der Waals surface area contributed by atoms with Crippen LogP contribution in [0.1, 0.15) is 11.4 Å². The van der Waals surface area contributed by atoms with Gasteiger partial charge in [0.1, 0.15) is 5.69 Å². The van der Waals surface area contributed by atoms with Gasteiger partial charge in [-0.25, -0.2) is 0 Å². The molecule has 0 aliphatic carbocycles. The van der Waals surface area contributed by atoms with Gasteiger partial charge in [0.05, 0.1) is 16.3 Å². The van der Waals surface area contributed by atoms with Crippen LogP contribution in [-0.2, 0) is 6.54 Å². The van der Waals surface area contributed by atoms with E-state index in [9.17, 15) is 0 Å². The molecule has 0 unspecified atom stereocenters. The van der Waals surface area contributed by atoms with Gasteiger partial charge in [-0.2, -0.15) is 9.47 Å². The first-order valence-electron chi connectivity index (χ1n) is 4.26. The zero-order chi connectivity index (χ0) is 9.97. The van der Waals surface area contributed by atoms with Gasteiger partial charge in [-0.15, -0.1) is 5.10 Å². The highest BCUT2D eigenvalue weighted by atomic mass is 32.1. The summed E-state index contributed by atoms with van der Waals surface area (Å²) >= 11 is 1.43. The Kier molecular flexibility index (Phi) is 2.51. The molecule has 4 nitrogen and oxygen atoms in total. The topological polar surface area (TPSA) is 64.7 Å². The molecule has 2 aromatic rings. The van der Waals surface area contributed by atoms with Crippen LogP contribution >= 0.6 is 11.5 Å². The SMILES string of the molecule is Cc1cc(-c2ccc(CN)nn2)sn1. The van der Waals surface area contributed by atoms with Crippen LogP contribution in [-0.4, -0.2) is 14.6 Å². The predicted molar refractivity (Wildman–Crippen MR) is 55.8 cm³/mol. The molecular formula is C9H10N4S. The monoisotopic (exact) mass is 206 g/mol. The molecule has 0 amide bonds. The molecule has 0 aromatic carbocycles. The normalized spacial score (nSPS) is 10.4. The molecule has 0 saturated carbocycles. The first kappa shape index (κ1) is 9.23. The highest BCUT2D eigenvalue weighted by Gasteiger charge is 2.03. The average Bonchev–Trinajstić information content (AvgIpc) is 2.65. The summed E-state index contributed by atoms with van der Waals surface area (Å²) in [6.07, 6.45) is 0. The molecule has 0 radical (unpaired) electrons. The lowest BCUT2D eigenvalue weighted by molar-refractivity contribution is 0.903. The quantitative estimate of drug-likeness (QED) is 0.806. The van der Waals surface area contributed by atoms with Gasteiger partial charge in [0, 0.05) is 6.54 Å². The maximum Gasteiger partial charge on any atom is 0.105 e. The summed E-state index contributed by atoms with van der Waals surface area (Å²) < 4.78 is 4.18. The van der Waals surface area contributed by atoms with Crippen LogP contribution in [0.4, 0.5) is 0 Å². The first-order chi connectivity index (χ1) is 6.79. The van der Waals surface area contributed by atoms with Crippen molar-refractivity contribution in [3.8, 4) is 10.6 Å². The second-order valence-corrected chi connectivity index (χ2v) is 3.75. The molecular weight excluding hydrogens is 196 g/mol. The molecule has 2 aromatic heterocycles. The van der Waals surface area contributed by atoms with Gasteiger partial charge >= 0.3 is 0 Å². The Morgan fingerprint density at radius 1 is 1.36 bits per heavy atom. The number of nitrogens with zero attached hydrogens (tertiary/aromatic N) is 3. The Bertz CT molecular complexity index is 421. The van der Waals surface area contributed by atoms with E-state index in [4.69, 9.17) is 5.73 Å². The van der Waals surface area contributed by atoms with Crippen LogP contribution in [0, 0.1) is 6.92 Å². The Morgan fingerprint density at radius 3 is 2.71 bits per heavy atom. The van der Waals surface area contributed by atoms with Crippen LogP contribution in [0.3, 0.4) is 0 Å². The summed E-state index contributed by atoms with van der Waals surface area (Å²) in [5.41, 5.74) is 8.09. The lowest BCUT2D eigenvalue weighted by Gasteiger charge is -1.96. The number of hydrogen-bond acceptors (Lipinski definition) is 5. The number of rotatable bonds is 2. The summed E-state index contributed by atoms with van der Waals surface area (Å²) in [4.78, 5) is 1.04. The van der Waals surface area contributed by atoms with Gasteiger partial charge in [-0.3, -0.25) is 0 Å². The van der Waals surface area contributed by atoms with Gasteiger partial charge in [0.25, 0.3) is 0 Å². The number of aryl methyl sites for hydroxylation is 1. The van der Waals surface area contributed by atoms with E-state index in [0.29, 0.717) is 6.54 Å². The molecule has 2 heterocycles. The Hall–Kier alpha value is -1.33. The van der Waals surface area contributed by atoms with Crippen LogP contribution in [0.2, 0.25) is 0 Å². The third-order valence-corrected chi connectivity index (χ3v) is 2.71. The molecule has 0 aliphatic rings. The Balaban J connectivity index is 2.33. The maximum atomic E-state index is 5.43. The minimum atomic E-state index is 0.426.